The number of carbonyl (C=O) groups excluding carboxylic acids is 2. The average molecular weight is 391 g/mol. The number of nitrogens with one attached hydrogen (secondary N) is 1. The fourth-order valence-corrected chi connectivity index (χ4v) is 3.18. The Morgan fingerprint density at radius 1 is 1.17 bits per heavy atom. The quantitative estimate of drug-likeness (QED) is 0.395. The molecule has 1 aliphatic rings. The van der Waals surface area contributed by atoms with Gasteiger partial charge < -0.3 is 14.8 Å². The van der Waals surface area contributed by atoms with Crippen LogP contribution in [0.1, 0.15) is 35.2 Å². The lowest BCUT2D eigenvalue weighted by Gasteiger charge is -2.19. The molecular formula is C24H25NO4. The molecule has 0 saturated heterocycles. The molecule has 0 aliphatic heterocycles. The van der Waals surface area contributed by atoms with E-state index in [2.05, 4.69) is 17.5 Å². The number of aldehydes is 1. The molecule has 1 aliphatic carbocycles. The van der Waals surface area contributed by atoms with E-state index in [0.29, 0.717) is 41.6 Å². The molecule has 0 radical (unpaired) electrons. The Labute approximate surface area is 171 Å². The zero-order valence-electron chi connectivity index (χ0n) is 16.5. The molecular weight excluding hydrogens is 366 g/mol. The third kappa shape index (κ3) is 5.82. The molecule has 0 saturated carbocycles. The van der Waals surface area contributed by atoms with Crippen molar-refractivity contribution in [2.75, 3.05) is 19.0 Å². The summed E-state index contributed by atoms with van der Waals surface area (Å²) in [6, 6.07) is 12.4. The SMILES string of the molecule is COc1cc(/C=C/C(=O)Nc2ccccc2C=O)ccc1OCC1CC=CCC1. The Morgan fingerprint density at radius 2 is 2.03 bits per heavy atom. The number of para-hydroxylation sites is 1. The highest BCUT2D eigenvalue weighted by molar-refractivity contribution is 6.04. The number of amides is 1. The summed E-state index contributed by atoms with van der Waals surface area (Å²) in [7, 11) is 1.60. The van der Waals surface area contributed by atoms with Crippen molar-refractivity contribution in [3.05, 3.63) is 71.8 Å². The van der Waals surface area contributed by atoms with E-state index in [0.717, 1.165) is 24.8 Å². The van der Waals surface area contributed by atoms with Crippen LogP contribution in [-0.4, -0.2) is 25.9 Å². The minimum atomic E-state index is -0.316. The number of carbonyl (C=O) groups is 2. The van der Waals surface area contributed by atoms with Crippen molar-refractivity contribution in [3.8, 4) is 11.5 Å². The Hall–Kier alpha value is -3.34. The lowest BCUT2D eigenvalue weighted by Crippen LogP contribution is -2.13. The summed E-state index contributed by atoms with van der Waals surface area (Å²) < 4.78 is 11.4. The number of allylic oxidation sites excluding steroid dienone is 2. The lowest BCUT2D eigenvalue weighted by atomic mass is 9.95. The van der Waals surface area contributed by atoms with Crippen LogP contribution in [0, 0.1) is 5.92 Å². The second kappa shape index (κ2) is 10.3. The summed E-state index contributed by atoms with van der Waals surface area (Å²) in [5.74, 6) is 1.54. The maximum Gasteiger partial charge on any atom is 0.248 e. The van der Waals surface area contributed by atoms with Gasteiger partial charge in [0.15, 0.2) is 17.8 Å². The summed E-state index contributed by atoms with van der Waals surface area (Å²) in [4.78, 5) is 23.2. The first kappa shape index (κ1) is 20.4. The van der Waals surface area contributed by atoms with Crippen LogP contribution in [0.5, 0.6) is 11.5 Å². The second-order valence-corrected chi connectivity index (χ2v) is 6.90. The minimum absolute atomic E-state index is 0.316. The van der Waals surface area contributed by atoms with E-state index in [1.165, 1.54) is 6.08 Å². The number of hydrogen-bond acceptors (Lipinski definition) is 4. The Morgan fingerprint density at radius 3 is 2.79 bits per heavy atom. The molecule has 0 aromatic heterocycles. The molecule has 3 rings (SSSR count). The largest absolute Gasteiger partial charge is 0.493 e. The van der Waals surface area contributed by atoms with Gasteiger partial charge in [-0.05, 0) is 61.1 Å². The molecule has 2 aromatic carbocycles. The van der Waals surface area contributed by atoms with E-state index >= 15 is 0 Å². The number of hydrogen-bond donors (Lipinski definition) is 1. The monoisotopic (exact) mass is 391 g/mol. The van der Waals surface area contributed by atoms with Crippen LogP contribution >= 0.6 is 0 Å². The van der Waals surface area contributed by atoms with Crippen LogP contribution in [0.15, 0.2) is 60.7 Å². The predicted octanol–water partition coefficient (Wildman–Crippen LogP) is 4.89. The molecule has 0 bridgehead atoms. The zero-order chi connectivity index (χ0) is 20.5. The zero-order valence-corrected chi connectivity index (χ0v) is 16.5. The number of methoxy groups -OCH3 is 1. The summed E-state index contributed by atoms with van der Waals surface area (Å²) in [5.41, 5.74) is 1.73. The molecule has 1 atom stereocenters. The number of benzene rings is 2. The van der Waals surface area contributed by atoms with Crippen LogP contribution in [0.3, 0.4) is 0 Å². The standard InChI is InChI=1S/C24H25NO4/c1-28-23-15-18(11-13-22(23)29-17-19-7-3-2-4-8-19)12-14-24(27)25-21-10-6-5-9-20(21)16-26/h2-3,5-6,9-16,19H,4,7-8,17H2,1H3,(H,25,27)/b14-12+. The van der Waals surface area contributed by atoms with E-state index in [-0.39, 0.29) is 5.91 Å². The first-order chi connectivity index (χ1) is 14.2. The highest BCUT2D eigenvalue weighted by Gasteiger charge is 2.12. The number of rotatable bonds is 8. The van der Waals surface area contributed by atoms with Crippen molar-refractivity contribution in [1.82, 2.24) is 0 Å². The molecule has 0 spiro atoms. The molecule has 5 heteroatoms. The Kier molecular flexibility index (Phi) is 7.22. The maximum absolute atomic E-state index is 12.2. The van der Waals surface area contributed by atoms with Gasteiger partial charge in [0.1, 0.15) is 0 Å². The second-order valence-electron chi connectivity index (χ2n) is 6.90. The Bertz CT molecular complexity index is 917. The maximum atomic E-state index is 12.2. The molecule has 29 heavy (non-hydrogen) atoms. The molecule has 1 unspecified atom stereocenters. The first-order valence-electron chi connectivity index (χ1n) is 9.68. The lowest BCUT2D eigenvalue weighted by molar-refractivity contribution is -0.111. The molecule has 0 fully saturated rings. The van der Waals surface area contributed by atoms with Gasteiger partial charge in [0, 0.05) is 11.6 Å². The van der Waals surface area contributed by atoms with Gasteiger partial charge in [0.05, 0.1) is 19.4 Å². The molecule has 5 nitrogen and oxygen atoms in total. The van der Waals surface area contributed by atoms with Gasteiger partial charge in [-0.15, -0.1) is 0 Å². The number of ether oxygens (including phenoxy) is 2. The van der Waals surface area contributed by atoms with Crippen LogP contribution in [0.2, 0.25) is 0 Å². The Balaban J connectivity index is 1.62. The summed E-state index contributed by atoms with van der Waals surface area (Å²) in [6.45, 7) is 0.661. The molecule has 150 valence electrons. The van der Waals surface area contributed by atoms with E-state index in [1.54, 1.807) is 37.5 Å². The van der Waals surface area contributed by atoms with E-state index in [4.69, 9.17) is 9.47 Å². The van der Waals surface area contributed by atoms with Gasteiger partial charge in [-0.2, -0.15) is 0 Å². The summed E-state index contributed by atoms with van der Waals surface area (Å²) >= 11 is 0. The van der Waals surface area contributed by atoms with Crippen molar-refractivity contribution in [2.45, 2.75) is 19.3 Å². The fourth-order valence-electron chi connectivity index (χ4n) is 3.18. The predicted molar refractivity (Wildman–Crippen MR) is 114 cm³/mol. The van der Waals surface area contributed by atoms with Crippen molar-refractivity contribution in [1.29, 1.82) is 0 Å². The van der Waals surface area contributed by atoms with Crippen LogP contribution in [0.4, 0.5) is 5.69 Å². The summed E-state index contributed by atoms with van der Waals surface area (Å²) in [6.07, 6.45) is 11.5. The smallest absolute Gasteiger partial charge is 0.248 e. The van der Waals surface area contributed by atoms with Gasteiger partial charge in [-0.1, -0.05) is 30.4 Å². The van der Waals surface area contributed by atoms with Crippen molar-refractivity contribution < 1.29 is 19.1 Å². The average Bonchev–Trinajstić information content (AvgIpc) is 2.77. The third-order valence-electron chi connectivity index (χ3n) is 4.81. The topological polar surface area (TPSA) is 64.6 Å². The minimum Gasteiger partial charge on any atom is -0.493 e. The van der Waals surface area contributed by atoms with Crippen LogP contribution in [0.25, 0.3) is 6.08 Å². The van der Waals surface area contributed by atoms with Crippen molar-refractivity contribution in [3.63, 3.8) is 0 Å². The van der Waals surface area contributed by atoms with Crippen LogP contribution < -0.4 is 14.8 Å². The molecule has 1 amide bonds. The van der Waals surface area contributed by atoms with Gasteiger partial charge in [0.25, 0.3) is 0 Å². The number of anilines is 1. The van der Waals surface area contributed by atoms with Crippen LogP contribution in [-0.2, 0) is 4.79 Å². The molecule has 1 N–H and O–H groups in total. The first-order valence-corrected chi connectivity index (χ1v) is 9.68. The van der Waals surface area contributed by atoms with E-state index in [9.17, 15) is 9.59 Å². The van der Waals surface area contributed by atoms with Gasteiger partial charge in [0.2, 0.25) is 5.91 Å². The highest BCUT2D eigenvalue weighted by Crippen LogP contribution is 2.30. The van der Waals surface area contributed by atoms with E-state index < -0.39 is 0 Å². The van der Waals surface area contributed by atoms with Gasteiger partial charge in [-0.25, -0.2) is 0 Å². The third-order valence-corrected chi connectivity index (χ3v) is 4.81. The van der Waals surface area contributed by atoms with Gasteiger partial charge in [-0.3, -0.25) is 9.59 Å². The van der Waals surface area contributed by atoms with Gasteiger partial charge >= 0.3 is 0 Å². The fraction of sp³-hybridized carbons (Fsp3) is 0.250. The highest BCUT2D eigenvalue weighted by atomic mass is 16.5. The summed E-state index contributed by atoms with van der Waals surface area (Å²) in [5, 5.41) is 2.71. The van der Waals surface area contributed by atoms with Crippen molar-refractivity contribution >= 4 is 24.0 Å². The molecule has 2 aromatic rings. The normalized spacial score (nSPS) is 15.8. The molecule has 0 heterocycles. The van der Waals surface area contributed by atoms with E-state index in [1.807, 2.05) is 18.2 Å². The van der Waals surface area contributed by atoms with Crippen molar-refractivity contribution in [2.24, 2.45) is 5.92 Å².